The molecule has 0 spiro atoms. The lowest BCUT2D eigenvalue weighted by Gasteiger charge is -2.30. The molecule has 1 N–H and O–H groups in total. The summed E-state index contributed by atoms with van der Waals surface area (Å²) in [5.74, 6) is -0.572. The number of benzene rings is 1. The van der Waals surface area contributed by atoms with Crippen molar-refractivity contribution in [1.29, 1.82) is 0 Å². The fraction of sp³-hybridized carbons (Fsp3) is 0.412. The van der Waals surface area contributed by atoms with E-state index in [9.17, 15) is 9.59 Å². The molecule has 3 rings (SSSR count). The van der Waals surface area contributed by atoms with Crippen molar-refractivity contribution < 1.29 is 14.7 Å². The minimum Gasteiger partial charge on any atom is -0.481 e. The number of aromatic nitrogens is 3. The molecule has 1 aliphatic rings. The lowest BCUT2D eigenvalue weighted by Crippen LogP contribution is -2.42. The highest BCUT2D eigenvalue weighted by atomic mass is 16.4. The third-order valence-corrected chi connectivity index (χ3v) is 4.34. The van der Waals surface area contributed by atoms with Crippen LogP contribution in [0.1, 0.15) is 25.1 Å². The molecule has 7 heteroatoms. The Morgan fingerprint density at radius 1 is 1.25 bits per heavy atom. The first kappa shape index (κ1) is 16.2. The number of piperidine rings is 1. The minimum absolute atomic E-state index is 0.0245. The molecule has 1 fully saturated rings. The van der Waals surface area contributed by atoms with Crippen LogP contribution in [-0.4, -0.2) is 49.7 Å². The van der Waals surface area contributed by atoms with Crippen LogP contribution in [0.4, 0.5) is 0 Å². The summed E-state index contributed by atoms with van der Waals surface area (Å²) in [6.45, 7) is 0.938. The zero-order valence-corrected chi connectivity index (χ0v) is 13.3. The van der Waals surface area contributed by atoms with Crippen molar-refractivity contribution in [2.45, 2.75) is 25.7 Å². The number of aryl methyl sites for hydroxylation is 1. The molecule has 1 atom stereocenters. The van der Waals surface area contributed by atoms with Crippen molar-refractivity contribution >= 4 is 11.9 Å². The largest absolute Gasteiger partial charge is 0.481 e. The average Bonchev–Trinajstić information content (AvgIpc) is 3.09. The van der Waals surface area contributed by atoms with E-state index in [1.165, 1.54) is 0 Å². The molecule has 1 aliphatic heterocycles. The third kappa shape index (κ3) is 3.61. The lowest BCUT2D eigenvalue weighted by molar-refractivity contribution is -0.145. The molecule has 1 aromatic heterocycles. The van der Waals surface area contributed by atoms with Gasteiger partial charge in [0.2, 0.25) is 5.91 Å². The smallest absolute Gasteiger partial charge is 0.308 e. The normalized spacial score (nSPS) is 17.7. The van der Waals surface area contributed by atoms with Crippen molar-refractivity contribution in [3.05, 3.63) is 42.5 Å². The number of amides is 1. The standard InChI is InChI=1S/C17H20N4O3/c22-16(20-10-4-5-13(11-20)17(23)24)9-8-15-19-18-12-21(15)14-6-2-1-3-7-14/h1-3,6-7,12-13H,4-5,8-11H2,(H,23,24)/t13-/m1/s1. The summed E-state index contributed by atoms with van der Waals surface area (Å²) in [5.41, 5.74) is 0.953. The van der Waals surface area contributed by atoms with Gasteiger partial charge in [0.05, 0.1) is 5.92 Å². The van der Waals surface area contributed by atoms with Gasteiger partial charge in [-0.15, -0.1) is 10.2 Å². The highest BCUT2D eigenvalue weighted by Gasteiger charge is 2.28. The minimum atomic E-state index is -0.823. The summed E-state index contributed by atoms with van der Waals surface area (Å²) < 4.78 is 1.86. The Balaban J connectivity index is 1.61. The van der Waals surface area contributed by atoms with Crippen molar-refractivity contribution in [2.75, 3.05) is 13.1 Å². The Bertz CT molecular complexity index is 714. The second-order valence-electron chi connectivity index (χ2n) is 5.97. The molecule has 1 amide bonds. The van der Waals surface area contributed by atoms with E-state index < -0.39 is 11.9 Å². The summed E-state index contributed by atoms with van der Waals surface area (Å²) in [5, 5.41) is 17.2. The number of carboxylic acid groups (broad SMARTS) is 1. The van der Waals surface area contributed by atoms with Gasteiger partial charge in [-0.2, -0.15) is 0 Å². The van der Waals surface area contributed by atoms with E-state index in [1.807, 2.05) is 34.9 Å². The van der Waals surface area contributed by atoms with Crippen LogP contribution < -0.4 is 0 Å². The molecule has 2 heterocycles. The Morgan fingerprint density at radius 2 is 2.04 bits per heavy atom. The maximum absolute atomic E-state index is 12.4. The summed E-state index contributed by atoms with van der Waals surface area (Å²) in [6, 6.07) is 9.72. The number of hydrogen-bond donors (Lipinski definition) is 1. The number of likely N-dealkylation sites (tertiary alicyclic amines) is 1. The molecule has 24 heavy (non-hydrogen) atoms. The van der Waals surface area contributed by atoms with E-state index in [1.54, 1.807) is 11.2 Å². The average molecular weight is 328 g/mol. The van der Waals surface area contributed by atoms with Crippen LogP contribution in [0, 0.1) is 5.92 Å². The van der Waals surface area contributed by atoms with E-state index >= 15 is 0 Å². The maximum atomic E-state index is 12.4. The predicted molar refractivity (Wildman–Crippen MR) is 86.6 cm³/mol. The number of aliphatic carboxylic acids is 1. The molecule has 126 valence electrons. The number of carboxylic acids is 1. The van der Waals surface area contributed by atoms with Crippen molar-refractivity contribution in [3.8, 4) is 5.69 Å². The summed E-state index contributed by atoms with van der Waals surface area (Å²) in [6.07, 6.45) is 3.79. The second kappa shape index (κ2) is 7.25. The van der Waals surface area contributed by atoms with Gasteiger partial charge in [0.1, 0.15) is 12.2 Å². The van der Waals surface area contributed by atoms with E-state index in [0.29, 0.717) is 32.4 Å². The molecule has 0 aliphatic carbocycles. The van der Waals surface area contributed by atoms with Gasteiger partial charge in [-0.1, -0.05) is 18.2 Å². The molecule has 2 aromatic rings. The molecule has 0 bridgehead atoms. The van der Waals surface area contributed by atoms with Gasteiger partial charge in [0.25, 0.3) is 0 Å². The molecule has 1 saturated heterocycles. The van der Waals surface area contributed by atoms with Gasteiger partial charge < -0.3 is 10.0 Å². The first-order chi connectivity index (χ1) is 11.6. The molecular formula is C17H20N4O3. The zero-order chi connectivity index (χ0) is 16.9. The summed E-state index contributed by atoms with van der Waals surface area (Å²) in [4.78, 5) is 25.2. The molecule has 0 radical (unpaired) electrons. The molecule has 7 nitrogen and oxygen atoms in total. The third-order valence-electron chi connectivity index (χ3n) is 4.34. The Kier molecular flexibility index (Phi) is 4.88. The van der Waals surface area contributed by atoms with Crippen LogP contribution in [-0.2, 0) is 16.0 Å². The topological polar surface area (TPSA) is 88.3 Å². The lowest BCUT2D eigenvalue weighted by atomic mass is 9.98. The molecule has 1 aromatic carbocycles. The quantitative estimate of drug-likeness (QED) is 0.899. The molecule has 0 saturated carbocycles. The number of para-hydroxylation sites is 1. The number of nitrogens with zero attached hydrogens (tertiary/aromatic N) is 4. The monoisotopic (exact) mass is 328 g/mol. The van der Waals surface area contributed by atoms with Crippen molar-refractivity contribution in [1.82, 2.24) is 19.7 Å². The highest BCUT2D eigenvalue weighted by Crippen LogP contribution is 2.18. The SMILES string of the molecule is O=C(O)[C@@H]1CCCN(C(=O)CCc2nncn2-c2ccccc2)C1. The van der Waals surface area contributed by atoms with Gasteiger partial charge in [-0.3, -0.25) is 14.2 Å². The maximum Gasteiger partial charge on any atom is 0.308 e. The summed E-state index contributed by atoms with van der Waals surface area (Å²) in [7, 11) is 0. The van der Waals surface area contributed by atoms with Crippen LogP contribution in [0.3, 0.4) is 0 Å². The first-order valence-electron chi connectivity index (χ1n) is 8.10. The van der Waals surface area contributed by atoms with Crippen molar-refractivity contribution in [2.24, 2.45) is 5.92 Å². The second-order valence-corrected chi connectivity index (χ2v) is 5.97. The zero-order valence-electron chi connectivity index (χ0n) is 13.3. The van der Waals surface area contributed by atoms with Crippen LogP contribution in [0.15, 0.2) is 36.7 Å². The van der Waals surface area contributed by atoms with E-state index in [0.717, 1.165) is 17.9 Å². The van der Waals surface area contributed by atoms with Crippen LogP contribution in [0.2, 0.25) is 0 Å². The van der Waals surface area contributed by atoms with Crippen LogP contribution >= 0.6 is 0 Å². The number of carbonyl (C=O) groups is 2. The molecular weight excluding hydrogens is 308 g/mol. The highest BCUT2D eigenvalue weighted by molar-refractivity contribution is 5.78. The van der Waals surface area contributed by atoms with Gasteiger partial charge >= 0.3 is 5.97 Å². The fourth-order valence-corrected chi connectivity index (χ4v) is 3.02. The fourth-order valence-electron chi connectivity index (χ4n) is 3.02. The van der Waals surface area contributed by atoms with Crippen LogP contribution in [0.25, 0.3) is 5.69 Å². The first-order valence-corrected chi connectivity index (χ1v) is 8.10. The van der Waals surface area contributed by atoms with E-state index in [4.69, 9.17) is 5.11 Å². The Labute approximate surface area is 139 Å². The van der Waals surface area contributed by atoms with Gasteiger partial charge in [0, 0.05) is 31.6 Å². The number of hydrogen-bond acceptors (Lipinski definition) is 4. The van der Waals surface area contributed by atoms with Gasteiger partial charge in [-0.05, 0) is 25.0 Å². The van der Waals surface area contributed by atoms with Crippen molar-refractivity contribution in [3.63, 3.8) is 0 Å². The van der Waals surface area contributed by atoms with E-state index in [-0.39, 0.29) is 5.91 Å². The predicted octanol–water partition coefficient (Wildman–Crippen LogP) is 1.52. The number of rotatable bonds is 5. The molecule has 0 unspecified atom stereocenters. The van der Waals surface area contributed by atoms with Gasteiger partial charge in [-0.25, -0.2) is 0 Å². The van der Waals surface area contributed by atoms with Gasteiger partial charge in [0.15, 0.2) is 0 Å². The summed E-state index contributed by atoms with van der Waals surface area (Å²) >= 11 is 0. The van der Waals surface area contributed by atoms with Crippen LogP contribution in [0.5, 0.6) is 0 Å². The Hall–Kier alpha value is -2.70. The number of carbonyl (C=O) groups excluding carboxylic acids is 1. The Morgan fingerprint density at radius 3 is 2.79 bits per heavy atom. The van der Waals surface area contributed by atoms with E-state index in [2.05, 4.69) is 10.2 Å².